The lowest BCUT2D eigenvalue weighted by atomic mass is 9.85. The molecule has 2 aliphatic carbocycles. The predicted molar refractivity (Wildman–Crippen MR) is 83.5 cm³/mol. The Morgan fingerprint density at radius 2 is 1.74 bits per heavy atom. The monoisotopic (exact) mass is 266 g/mol. The molecular weight excluding hydrogens is 232 g/mol. The van der Waals surface area contributed by atoms with Crippen molar-refractivity contribution in [3.8, 4) is 0 Å². The van der Waals surface area contributed by atoms with E-state index in [4.69, 9.17) is 0 Å². The van der Waals surface area contributed by atoms with Gasteiger partial charge in [-0.15, -0.1) is 0 Å². The maximum absolute atomic E-state index is 3.80. The first-order valence-corrected chi connectivity index (χ1v) is 8.59. The van der Waals surface area contributed by atoms with Crippen molar-refractivity contribution in [2.75, 3.05) is 13.1 Å². The van der Waals surface area contributed by atoms with Gasteiger partial charge < -0.3 is 5.32 Å². The molecule has 2 aliphatic rings. The smallest absolute Gasteiger partial charge is 0.0274 e. The second kappa shape index (κ2) is 6.58. The highest BCUT2D eigenvalue weighted by Gasteiger charge is 2.44. The Kier molecular flexibility index (Phi) is 5.30. The van der Waals surface area contributed by atoms with Gasteiger partial charge in [0.25, 0.3) is 0 Å². The third kappa shape index (κ3) is 3.33. The molecule has 0 bridgehead atoms. The Morgan fingerprint density at radius 1 is 1.05 bits per heavy atom. The molecule has 2 saturated carbocycles. The van der Waals surface area contributed by atoms with Gasteiger partial charge in [-0.2, -0.15) is 0 Å². The summed E-state index contributed by atoms with van der Waals surface area (Å²) in [6.45, 7) is 11.9. The first kappa shape index (κ1) is 15.3. The number of rotatable bonds is 5. The number of nitrogens with zero attached hydrogens (tertiary/aromatic N) is 1. The van der Waals surface area contributed by atoms with E-state index in [1.54, 1.807) is 0 Å². The summed E-state index contributed by atoms with van der Waals surface area (Å²) in [5, 5.41) is 3.80. The molecule has 1 N–H and O–H groups in total. The first-order valence-electron chi connectivity index (χ1n) is 8.59. The molecule has 0 heterocycles. The van der Waals surface area contributed by atoms with E-state index in [9.17, 15) is 0 Å². The van der Waals surface area contributed by atoms with Gasteiger partial charge in [0, 0.05) is 18.1 Å². The van der Waals surface area contributed by atoms with Crippen molar-refractivity contribution in [2.45, 2.75) is 90.8 Å². The fourth-order valence-electron chi connectivity index (χ4n) is 4.53. The lowest BCUT2D eigenvalue weighted by Crippen LogP contribution is -2.54. The molecule has 0 amide bonds. The molecule has 0 aromatic rings. The molecule has 2 fully saturated rings. The minimum Gasteiger partial charge on any atom is -0.312 e. The molecule has 19 heavy (non-hydrogen) atoms. The molecule has 2 atom stereocenters. The Morgan fingerprint density at radius 3 is 2.32 bits per heavy atom. The molecule has 2 nitrogen and oxygen atoms in total. The molecule has 2 unspecified atom stereocenters. The highest BCUT2D eigenvalue weighted by Crippen LogP contribution is 2.41. The van der Waals surface area contributed by atoms with Gasteiger partial charge in [0.1, 0.15) is 0 Å². The van der Waals surface area contributed by atoms with Crippen molar-refractivity contribution in [1.29, 1.82) is 0 Å². The van der Waals surface area contributed by atoms with E-state index < -0.39 is 0 Å². The zero-order valence-electron chi connectivity index (χ0n) is 13.5. The molecule has 0 aromatic carbocycles. The van der Waals surface area contributed by atoms with Crippen LogP contribution in [0.3, 0.4) is 0 Å². The minimum atomic E-state index is 0.461. The van der Waals surface area contributed by atoms with E-state index in [1.807, 2.05) is 0 Å². The third-order valence-corrected chi connectivity index (χ3v) is 5.57. The molecule has 2 heteroatoms. The maximum Gasteiger partial charge on any atom is 0.0274 e. The van der Waals surface area contributed by atoms with Crippen molar-refractivity contribution in [1.82, 2.24) is 10.2 Å². The van der Waals surface area contributed by atoms with Crippen molar-refractivity contribution >= 4 is 0 Å². The van der Waals surface area contributed by atoms with Crippen LogP contribution in [0, 0.1) is 5.41 Å². The molecule has 112 valence electrons. The van der Waals surface area contributed by atoms with E-state index in [1.165, 1.54) is 51.5 Å². The van der Waals surface area contributed by atoms with E-state index in [2.05, 4.69) is 37.9 Å². The SMILES string of the molecule is CCNC1C(N(CC)C2CCCCC2)CCC1(C)C. The quantitative estimate of drug-likeness (QED) is 0.814. The number of nitrogens with one attached hydrogen (secondary N) is 1. The Hall–Kier alpha value is -0.0800. The zero-order chi connectivity index (χ0) is 13.9. The van der Waals surface area contributed by atoms with Crippen LogP contribution in [-0.2, 0) is 0 Å². The van der Waals surface area contributed by atoms with Crippen LogP contribution >= 0.6 is 0 Å². The summed E-state index contributed by atoms with van der Waals surface area (Å²) in [7, 11) is 0. The lowest BCUT2D eigenvalue weighted by molar-refractivity contribution is 0.0835. The van der Waals surface area contributed by atoms with Gasteiger partial charge in [0.2, 0.25) is 0 Å². The van der Waals surface area contributed by atoms with Crippen LogP contribution in [0.5, 0.6) is 0 Å². The van der Waals surface area contributed by atoms with Crippen LogP contribution in [-0.4, -0.2) is 36.1 Å². The Labute approximate surface area is 120 Å². The van der Waals surface area contributed by atoms with Gasteiger partial charge >= 0.3 is 0 Å². The van der Waals surface area contributed by atoms with Crippen LogP contribution in [0.15, 0.2) is 0 Å². The number of likely N-dealkylation sites (N-methyl/N-ethyl adjacent to an activating group) is 2. The van der Waals surface area contributed by atoms with Crippen molar-refractivity contribution < 1.29 is 0 Å². The summed E-state index contributed by atoms with van der Waals surface area (Å²) in [5.41, 5.74) is 0.461. The summed E-state index contributed by atoms with van der Waals surface area (Å²) < 4.78 is 0. The van der Waals surface area contributed by atoms with Gasteiger partial charge in [-0.3, -0.25) is 4.90 Å². The molecule has 0 saturated heterocycles. The van der Waals surface area contributed by atoms with E-state index >= 15 is 0 Å². The average Bonchev–Trinajstić information content (AvgIpc) is 2.69. The maximum atomic E-state index is 3.80. The number of hydrogen-bond donors (Lipinski definition) is 1. The van der Waals surface area contributed by atoms with Crippen molar-refractivity contribution in [3.63, 3.8) is 0 Å². The third-order valence-electron chi connectivity index (χ3n) is 5.57. The van der Waals surface area contributed by atoms with Gasteiger partial charge in [0.05, 0.1) is 0 Å². The zero-order valence-corrected chi connectivity index (χ0v) is 13.5. The largest absolute Gasteiger partial charge is 0.312 e. The van der Waals surface area contributed by atoms with E-state index in [0.717, 1.165) is 18.6 Å². The van der Waals surface area contributed by atoms with Gasteiger partial charge in [-0.05, 0) is 44.2 Å². The van der Waals surface area contributed by atoms with Crippen molar-refractivity contribution in [3.05, 3.63) is 0 Å². The van der Waals surface area contributed by atoms with Gasteiger partial charge in [-0.25, -0.2) is 0 Å². The molecule has 0 aliphatic heterocycles. The van der Waals surface area contributed by atoms with Crippen LogP contribution in [0.2, 0.25) is 0 Å². The normalized spacial score (nSPS) is 32.1. The topological polar surface area (TPSA) is 15.3 Å². The highest BCUT2D eigenvalue weighted by atomic mass is 15.2. The van der Waals surface area contributed by atoms with Crippen LogP contribution in [0.1, 0.15) is 72.6 Å². The van der Waals surface area contributed by atoms with E-state index in [-0.39, 0.29) is 0 Å². The summed E-state index contributed by atoms with van der Waals surface area (Å²) >= 11 is 0. The lowest BCUT2D eigenvalue weighted by Gasteiger charge is -2.42. The molecule has 0 radical (unpaired) electrons. The second-order valence-electron chi connectivity index (χ2n) is 7.25. The fraction of sp³-hybridized carbons (Fsp3) is 1.00. The summed E-state index contributed by atoms with van der Waals surface area (Å²) in [5.74, 6) is 0. The van der Waals surface area contributed by atoms with Crippen LogP contribution in [0.25, 0.3) is 0 Å². The standard InChI is InChI=1S/C17H34N2/c1-5-18-16-15(12-13-17(16,3)4)19(6-2)14-10-8-7-9-11-14/h14-16,18H,5-13H2,1-4H3. The summed E-state index contributed by atoms with van der Waals surface area (Å²) in [6, 6.07) is 2.31. The second-order valence-corrected chi connectivity index (χ2v) is 7.25. The minimum absolute atomic E-state index is 0.461. The van der Waals surface area contributed by atoms with Crippen molar-refractivity contribution in [2.24, 2.45) is 5.41 Å². The molecular formula is C17H34N2. The average molecular weight is 266 g/mol. The van der Waals surface area contributed by atoms with Crippen LogP contribution in [0.4, 0.5) is 0 Å². The fourth-order valence-corrected chi connectivity index (χ4v) is 4.53. The Balaban J connectivity index is 2.08. The van der Waals surface area contributed by atoms with Crippen LogP contribution < -0.4 is 5.32 Å². The molecule has 0 aromatic heterocycles. The predicted octanol–water partition coefficient (Wildman–Crippen LogP) is 3.81. The Bertz CT molecular complexity index is 268. The first-order chi connectivity index (χ1) is 9.10. The molecule has 2 rings (SSSR count). The van der Waals surface area contributed by atoms with Gasteiger partial charge in [-0.1, -0.05) is 47.0 Å². The molecule has 0 spiro atoms. The highest BCUT2D eigenvalue weighted by molar-refractivity contribution is 5.02. The van der Waals surface area contributed by atoms with Gasteiger partial charge in [0.15, 0.2) is 0 Å². The summed E-state index contributed by atoms with van der Waals surface area (Å²) in [4.78, 5) is 2.85. The number of hydrogen-bond acceptors (Lipinski definition) is 2. The summed E-state index contributed by atoms with van der Waals surface area (Å²) in [6.07, 6.45) is 9.98. The van der Waals surface area contributed by atoms with E-state index in [0.29, 0.717) is 11.5 Å².